The van der Waals surface area contributed by atoms with Crippen LogP contribution in [0.2, 0.25) is 0 Å². The number of nitrogens with one attached hydrogen (secondary N) is 1. The highest BCUT2D eigenvalue weighted by molar-refractivity contribution is 4.90. The Bertz CT molecular complexity index is 236. The number of nitrogens with zero attached hydrogens (tertiary/aromatic N) is 2. The Balaban J connectivity index is 1.84. The Kier molecular flexibility index (Phi) is 5.46. The molecule has 0 bridgehead atoms. The Morgan fingerprint density at radius 2 is 1.89 bits per heavy atom. The first-order valence-corrected chi connectivity index (χ1v) is 7.91. The van der Waals surface area contributed by atoms with Crippen molar-refractivity contribution in [3.8, 4) is 0 Å². The highest BCUT2D eigenvalue weighted by atomic mass is 15.3. The second-order valence-electron chi connectivity index (χ2n) is 6.30. The fourth-order valence-corrected chi connectivity index (χ4v) is 3.55. The summed E-state index contributed by atoms with van der Waals surface area (Å²) >= 11 is 0. The average molecular weight is 253 g/mol. The topological polar surface area (TPSA) is 18.5 Å². The van der Waals surface area contributed by atoms with Gasteiger partial charge in [0.15, 0.2) is 0 Å². The Morgan fingerprint density at radius 3 is 2.50 bits per heavy atom. The van der Waals surface area contributed by atoms with Crippen molar-refractivity contribution < 1.29 is 0 Å². The minimum Gasteiger partial charge on any atom is -0.315 e. The third-order valence-corrected chi connectivity index (χ3v) is 4.69. The van der Waals surface area contributed by atoms with Crippen molar-refractivity contribution in [2.75, 3.05) is 39.3 Å². The molecule has 2 atom stereocenters. The van der Waals surface area contributed by atoms with Crippen LogP contribution in [0.25, 0.3) is 0 Å². The molecule has 1 N–H and O–H groups in total. The van der Waals surface area contributed by atoms with Crippen LogP contribution in [0.1, 0.15) is 40.0 Å². The van der Waals surface area contributed by atoms with E-state index >= 15 is 0 Å². The Morgan fingerprint density at radius 1 is 1.17 bits per heavy atom. The lowest BCUT2D eigenvalue weighted by Gasteiger charge is -2.32. The number of likely N-dealkylation sites (N-methyl/N-ethyl adjacent to an activating group) is 1. The van der Waals surface area contributed by atoms with Gasteiger partial charge in [-0.25, -0.2) is 0 Å². The molecule has 0 aliphatic carbocycles. The summed E-state index contributed by atoms with van der Waals surface area (Å²) in [6.07, 6.45) is 4.22. The minimum absolute atomic E-state index is 0.720. The van der Waals surface area contributed by atoms with Crippen LogP contribution >= 0.6 is 0 Å². The molecule has 18 heavy (non-hydrogen) atoms. The van der Waals surface area contributed by atoms with E-state index in [0.717, 1.165) is 31.1 Å². The molecule has 0 aromatic heterocycles. The fourth-order valence-electron chi connectivity index (χ4n) is 3.55. The molecule has 3 heteroatoms. The fraction of sp³-hybridized carbons (Fsp3) is 1.00. The zero-order valence-electron chi connectivity index (χ0n) is 12.5. The van der Waals surface area contributed by atoms with Gasteiger partial charge in [-0.3, -0.25) is 9.80 Å². The van der Waals surface area contributed by atoms with Gasteiger partial charge in [0.2, 0.25) is 0 Å². The van der Waals surface area contributed by atoms with Crippen molar-refractivity contribution in [2.45, 2.75) is 52.1 Å². The SMILES string of the molecule is CCNCC(C(C)C)N1CCC(N2CCCC2)C1. The summed E-state index contributed by atoms with van der Waals surface area (Å²) in [6.45, 7) is 14.5. The van der Waals surface area contributed by atoms with Gasteiger partial charge >= 0.3 is 0 Å². The zero-order valence-corrected chi connectivity index (χ0v) is 12.5. The molecular weight excluding hydrogens is 222 g/mol. The van der Waals surface area contributed by atoms with Gasteiger partial charge in [0.1, 0.15) is 0 Å². The van der Waals surface area contributed by atoms with E-state index in [0.29, 0.717) is 0 Å². The molecule has 0 saturated carbocycles. The van der Waals surface area contributed by atoms with Crippen LogP contribution in [0.3, 0.4) is 0 Å². The third kappa shape index (κ3) is 3.46. The van der Waals surface area contributed by atoms with Crippen LogP contribution in [0, 0.1) is 5.92 Å². The van der Waals surface area contributed by atoms with Crippen molar-refractivity contribution in [1.29, 1.82) is 0 Å². The first-order valence-electron chi connectivity index (χ1n) is 7.91. The molecular formula is C15H31N3. The predicted octanol–water partition coefficient (Wildman–Crippen LogP) is 1.79. The average Bonchev–Trinajstić information content (AvgIpc) is 2.99. The number of hydrogen-bond donors (Lipinski definition) is 1. The second-order valence-corrected chi connectivity index (χ2v) is 6.30. The Hall–Kier alpha value is -0.120. The molecule has 0 aromatic carbocycles. The van der Waals surface area contributed by atoms with Crippen molar-refractivity contribution in [2.24, 2.45) is 5.92 Å². The summed E-state index contributed by atoms with van der Waals surface area (Å²) in [5, 5.41) is 3.54. The molecule has 2 unspecified atom stereocenters. The van der Waals surface area contributed by atoms with E-state index < -0.39 is 0 Å². The maximum Gasteiger partial charge on any atom is 0.0244 e. The Labute approximate surface area is 113 Å². The lowest BCUT2D eigenvalue weighted by molar-refractivity contribution is 0.165. The number of hydrogen-bond acceptors (Lipinski definition) is 3. The predicted molar refractivity (Wildman–Crippen MR) is 78.0 cm³/mol. The summed E-state index contributed by atoms with van der Waals surface area (Å²) in [5.74, 6) is 0.751. The maximum absolute atomic E-state index is 3.54. The molecule has 0 radical (unpaired) electrons. The summed E-state index contributed by atoms with van der Waals surface area (Å²) in [7, 11) is 0. The van der Waals surface area contributed by atoms with Crippen LogP contribution in [0.15, 0.2) is 0 Å². The van der Waals surface area contributed by atoms with Crippen molar-refractivity contribution in [3.63, 3.8) is 0 Å². The summed E-state index contributed by atoms with van der Waals surface area (Å²) in [5.41, 5.74) is 0. The molecule has 2 rings (SSSR count). The molecule has 0 amide bonds. The third-order valence-electron chi connectivity index (χ3n) is 4.69. The standard InChI is InChI=1S/C15H31N3/c1-4-16-11-15(13(2)3)18-10-7-14(12-18)17-8-5-6-9-17/h13-16H,4-12H2,1-3H3. The van der Waals surface area contributed by atoms with E-state index in [-0.39, 0.29) is 0 Å². The van der Waals surface area contributed by atoms with Crippen LogP contribution in [0.4, 0.5) is 0 Å². The van der Waals surface area contributed by atoms with Gasteiger partial charge in [-0.05, 0) is 44.8 Å². The van der Waals surface area contributed by atoms with Crippen LogP contribution in [-0.2, 0) is 0 Å². The zero-order chi connectivity index (χ0) is 13.0. The van der Waals surface area contributed by atoms with Gasteiger partial charge in [-0.2, -0.15) is 0 Å². The van der Waals surface area contributed by atoms with Gasteiger partial charge in [0.25, 0.3) is 0 Å². The van der Waals surface area contributed by atoms with E-state index in [9.17, 15) is 0 Å². The van der Waals surface area contributed by atoms with Crippen molar-refractivity contribution >= 4 is 0 Å². The van der Waals surface area contributed by atoms with E-state index in [1.807, 2.05) is 0 Å². The molecule has 2 aliphatic rings. The van der Waals surface area contributed by atoms with Crippen molar-refractivity contribution in [3.05, 3.63) is 0 Å². The molecule has 106 valence electrons. The largest absolute Gasteiger partial charge is 0.315 e. The molecule has 2 heterocycles. The highest BCUT2D eigenvalue weighted by Crippen LogP contribution is 2.23. The molecule has 0 aromatic rings. The quantitative estimate of drug-likeness (QED) is 0.778. The summed E-state index contributed by atoms with van der Waals surface area (Å²) in [4.78, 5) is 5.46. The second kappa shape index (κ2) is 6.88. The number of rotatable bonds is 6. The minimum atomic E-state index is 0.720. The van der Waals surface area contributed by atoms with Crippen molar-refractivity contribution in [1.82, 2.24) is 15.1 Å². The first kappa shape index (κ1) is 14.3. The molecule has 2 saturated heterocycles. The van der Waals surface area contributed by atoms with Crippen LogP contribution < -0.4 is 5.32 Å². The van der Waals surface area contributed by atoms with Gasteiger partial charge in [-0.1, -0.05) is 20.8 Å². The monoisotopic (exact) mass is 253 g/mol. The summed E-state index contributed by atoms with van der Waals surface area (Å²) in [6, 6.07) is 1.56. The highest BCUT2D eigenvalue weighted by Gasteiger charge is 2.33. The van der Waals surface area contributed by atoms with Gasteiger partial charge in [-0.15, -0.1) is 0 Å². The smallest absolute Gasteiger partial charge is 0.0244 e. The lowest BCUT2D eigenvalue weighted by atomic mass is 10.0. The van der Waals surface area contributed by atoms with E-state index in [2.05, 4.69) is 35.9 Å². The first-order chi connectivity index (χ1) is 8.72. The normalized spacial score (nSPS) is 28.3. The lowest BCUT2D eigenvalue weighted by Crippen LogP contribution is -2.46. The van der Waals surface area contributed by atoms with Crippen LogP contribution in [-0.4, -0.2) is 61.2 Å². The molecule has 2 fully saturated rings. The number of likely N-dealkylation sites (tertiary alicyclic amines) is 2. The molecule has 0 spiro atoms. The van der Waals surface area contributed by atoms with E-state index in [1.165, 1.54) is 45.4 Å². The van der Waals surface area contributed by atoms with E-state index in [4.69, 9.17) is 0 Å². The van der Waals surface area contributed by atoms with Gasteiger partial charge in [0, 0.05) is 31.7 Å². The van der Waals surface area contributed by atoms with Crippen LogP contribution in [0.5, 0.6) is 0 Å². The van der Waals surface area contributed by atoms with E-state index in [1.54, 1.807) is 0 Å². The van der Waals surface area contributed by atoms with Gasteiger partial charge < -0.3 is 5.32 Å². The summed E-state index contributed by atoms with van der Waals surface area (Å²) < 4.78 is 0. The molecule has 3 nitrogen and oxygen atoms in total. The molecule has 2 aliphatic heterocycles. The maximum atomic E-state index is 3.54. The van der Waals surface area contributed by atoms with Gasteiger partial charge in [0.05, 0.1) is 0 Å².